The van der Waals surface area contributed by atoms with Crippen molar-refractivity contribution in [1.29, 1.82) is 0 Å². The van der Waals surface area contributed by atoms with Crippen molar-refractivity contribution >= 4 is 33.4 Å². The first-order chi connectivity index (χ1) is 15.6. The molecule has 1 aromatic carbocycles. The summed E-state index contributed by atoms with van der Waals surface area (Å²) in [6.07, 6.45) is 3.07. The number of carbonyl (C=O) groups excluding carboxylic acids is 1. The second kappa shape index (κ2) is 8.54. The highest BCUT2D eigenvalue weighted by Crippen LogP contribution is 2.23. The van der Waals surface area contributed by atoms with Crippen molar-refractivity contribution in [2.45, 2.75) is 6.92 Å². The molecular formula is C22H20BrN7O2. The van der Waals surface area contributed by atoms with E-state index in [0.717, 1.165) is 16.0 Å². The molecule has 32 heavy (non-hydrogen) atoms. The monoisotopic (exact) mass is 493 g/mol. The molecule has 162 valence electrons. The molecule has 0 unspecified atom stereocenters. The van der Waals surface area contributed by atoms with Crippen molar-refractivity contribution in [3.63, 3.8) is 0 Å². The molecule has 0 N–H and O–H groups in total. The average Bonchev–Trinajstić information content (AvgIpc) is 3.29. The van der Waals surface area contributed by atoms with Gasteiger partial charge >= 0.3 is 0 Å². The van der Waals surface area contributed by atoms with Gasteiger partial charge in [-0.05, 0) is 37.3 Å². The van der Waals surface area contributed by atoms with Crippen LogP contribution in [-0.4, -0.2) is 61.6 Å². The molecule has 4 aromatic rings. The van der Waals surface area contributed by atoms with Gasteiger partial charge in [-0.2, -0.15) is 14.6 Å². The van der Waals surface area contributed by atoms with Gasteiger partial charge in [0.25, 0.3) is 11.7 Å². The zero-order chi connectivity index (χ0) is 22.1. The molecule has 3 aromatic heterocycles. The van der Waals surface area contributed by atoms with E-state index in [1.807, 2.05) is 42.2 Å². The number of piperazine rings is 1. The molecule has 9 nitrogen and oxygen atoms in total. The first-order valence-electron chi connectivity index (χ1n) is 10.2. The molecule has 0 atom stereocenters. The number of nitrogens with zero attached hydrogens (tertiary/aromatic N) is 7. The molecule has 0 saturated carbocycles. The molecule has 4 heterocycles. The molecular weight excluding hydrogens is 474 g/mol. The van der Waals surface area contributed by atoms with Crippen LogP contribution in [0.5, 0.6) is 11.6 Å². The third-order valence-corrected chi connectivity index (χ3v) is 5.80. The topological polar surface area (TPSA) is 88.8 Å². The SMILES string of the molecule is Cc1cc(N2CCN(C(=O)c3ccc(Oc4ccc(Br)cc4)nc3)CC2)n2ncnc2n1. The van der Waals surface area contributed by atoms with Gasteiger partial charge in [0.05, 0.1) is 5.56 Å². The van der Waals surface area contributed by atoms with E-state index in [-0.39, 0.29) is 5.91 Å². The smallest absolute Gasteiger partial charge is 0.255 e. The van der Waals surface area contributed by atoms with Crippen LogP contribution in [0.25, 0.3) is 5.78 Å². The van der Waals surface area contributed by atoms with E-state index in [1.165, 1.54) is 6.33 Å². The number of aromatic nitrogens is 5. The summed E-state index contributed by atoms with van der Waals surface area (Å²) in [6, 6.07) is 13.0. The Bertz CT molecular complexity index is 1250. The number of rotatable bonds is 4. The van der Waals surface area contributed by atoms with Crippen LogP contribution in [0, 0.1) is 6.92 Å². The molecule has 0 radical (unpaired) electrons. The maximum absolute atomic E-state index is 13.0. The number of hydrogen-bond donors (Lipinski definition) is 0. The molecule has 1 amide bonds. The molecule has 1 fully saturated rings. The van der Waals surface area contributed by atoms with Crippen molar-refractivity contribution in [3.05, 3.63) is 70.7 Å². The molecule has 1 aliphatic heterocycles. The fraction of sp³-hybridized carbons (Fsp3) is 0.227. The number of fused-ring (bicyclic) bond motifs is 1. The summed E-state index contributed by atoms with van der Waals surface area (Å²) in [5, 5.41) is 4.28. The molecule has 0 spiro atoms. The minimum atomic E-state index is -0.0378. The van der Waals surface area contributed by atoms with Gasteiger partial charge in [-0.15, -0.1) is 0 Å². The van der Waals surface area contributed by atoms with Crippen LogP contribution in [0.3, 0.4) is 0 Å². The summed E-state index contributed by atoms with van der Waals surface area (Å²) < 4.78 is 8.44. The summed E-state index contributed by atoms with van der Waals surface area (Å²) in [7, 11) is 0. The molecule has 5 rings (SSSR count). The minimum absolute atomic E-state index is 0.0378. The number of carbonyl (C=O) groups is 1. The number of aryl methyl sites for hydroxylation is 1. The van der Waals surface area contributed by atoms with E-state index in [9.17, 15) is 4.79 Å². The Labute approximate surface area is 192 Å². The number of amides is 1. The van der Waals surface area contributed by atoms with Gasteiger partial charge < -0.3 is 14.5 Å². The first kappa shape index (κ1) is 20.4. The summed E-state index contributed by atoms with van der Waals surface area (Å²) >= 11 is 3.40. The Balaban J connectivity index is 1.23. The van der Waals surface area contributed by atoms with Crippen molar-refractivity contribution in [3.8, 4) is 11.6 Å². The third-order valence-electron chi connectivity index (χ3n) is 5.27. The lowest BCUT2D eigenvalue weighted by molar-refractivity contribution is 0.0746. The molecule has 1 saturated heterocycles. The Kier molecular flexibility index (Phi) is 5.44. The minimum Gasteiger partial charge on any atom is -0.439 e. The zero-order valence-electron chi connectivity index (χ0n) is 17.3. The van der Waals surface area contributed by atoms with Gasteiger partial charge in [0, 0.05) is 54.7 Å². The van der Waals surface area contributed by atoms with Crippen LogP contribution in [0.1, 0.15) is 16.1 Å². The molecule has 0 bridgehead atoms. The number of halogens is 1. The van der Waals surface area contributed by atoms with Gasteiger partial charge in [0.1, 0.15) is 17.9 Å². The lowest BCUT2D eigenvalue weighted by Gasteiger charge is -2.36. The number of anilines is 1. The largest absolute Gasteiger partial charge is 0.439 e. The molecule has 1 aliphatic rings. The number of hydrogen-bond acceptors (Lipinski definition) is 7. The van der Waals surface area contributed by atoms with Gasteiger partial charge in [0.2, 0.25) is 5.88 Å². The zero-order valence-corrected chi connectivity index (χ0v) is 18.9. The van der Waals surface area contributed by atoms with Crippen molar-refractivity contribution in [2.24, 2.45) is 0 Å². The fourth-order valence-corrected chi connectivity index (χ4v) is 3.91. The summed E-state index contributed by atoms with van der Waals surface area (Å²) in [5.74, 6) is 2.61. The maximum atomic E-state index is 13.0. The second-order valence-electron chi connectivity index (χ2n) is 7.45. The number of pyridine rings is 1. The highest BCUT2D eigenvalue weighted by Gasteiger charge is 2.24. The van der Waals surface area contributed by atoms with E-state index in [1.54, 1.807) is 22.8 Å². The normalized spacial score (nSPS) is 14.1. The van der Waals surface area contributed by atoms with E-state index >= 15 is 0 Å². The van der Waals surface area contributed by atoms with Crippen LogP contribution in [0.4, 0.5) is 5.82 Å². The molecule has 0 aliphatic carbocycles. The fourth-order valence-electron chi connectivity index (χ4n) is 3.65. The van der Waals surface area contributed by atoms with Gasteiger partial charge in [-0.25, -0.2) is 9.97 Å². The van der Waals surface area contributed by atoms with E-state index < -0.39 is 0 Å². The Morgan fingerprint density at radius 1 is 1.03 bits per heavy atom. The third kappa shape index (κ3) is 4.13. The summed E-state index contributed by atoms with van der Waals surface area (Å²) in [6.45, 7) is 4.54. The van der Waals surface area contributed by atoms with Gasteiger partial charge in [-0.3, -0.25) is 4.79 Å². The van der Waals surface area contributed by atoms with Gasteiger partial charge in [-0.1, -0.05) is 15.9 Å². The van der Waals surface area contributed by atoms with E-state index in [4.69, 9.17) is 4.74 Å². The molecule has 10 heteroatoms. The van der Waals surface area contributed by atoms with Crippen LogP contribution >= 0.6 is 15.9 Å². The predicted molar refractivity (Wildman–Crippen MR) is 122 cm³/mol. The summed E-state index contributed by atoms with van der Waals surface area (Å²) in [4.78, 5) is 29.9. The quantitative estimate of drug-likeness (QED) is 0.430. The maximum Gasteiger partial charge on any atom is 0.255 e. The van der Waals surface area contributed by atoms with Crippen molar-refractivity contribution in [1.82, 2.24) is 29.5 Å². The van der Waals surface area contributed by atoms with Crippen molar-refractivity contribution in [2.75, 3.05) is 31.1 Å². The van der Waals surface area contributed by atoms with Crippen LogP contribution in [0.15, 0.2) is 59.5 Å². The van der Waals surface area contributed by atoms with Crippen molar-refractivity contribution < 1.29 is 9.53 Å². The number of benzene rings is 1. The predicted octanol–water partition coefficient (Wildman–Crippen LogP) is 3.34. The van der Waals surface area contributed by atoms with E-state index in [0.29, 0.717) is 49.1 Å². The van der Waals surface area contributed by atoms with Gasteiger partial charge in [0.15, 0.2) is 0 Å². The lowest BCUT2D eigenvalue weighted by atomic mass is 10.2. The first-order valence-corrected chi connectivity index (χ1v) is 11.0. The van der Waals surface area contributed by atoms with Crippen LogP contribution in [-0.2, 0) is 0 Å². The number of ether oxygens (including phenoxy) is 1. The van der Waals surface area contributed by atoms with Crippen LogP contribution in [0.2, 0.25) is 0 Å². The highest BCUT2D eigenvalue weighted by atomic mass is 79.9. The van der Waals surface area contributed by atoms with E-state index in [2.05, 4.69) is 40.9 Å². The standard InChI is InChI=1S/C22H20BrN7O2/c1-15-12-20(30-22(27-15)25-14-26-30)28-8-10-29(11-9-28)21(31)16-2-7-19(24-13-16)32-18-5-3-17(23)4-6-18/h2-7,12-14H,8-11H2,1H3. The van der Waals surface area contributed by atoms with Crippen LogP contribution < -0.4 is 9.64 Å². The Hall–Kier alpha value is -3.53. The Morgan fingerprint density at radius 2 is 1.81 bits per heavy atom. The highest BCUT2D eigenvalue weighted by molar-refractivity contribution is 9.10. The Morgan fingerprint density at radius 3 is 2.53 bits per heavy atom. The lowest BCUT2D eigenvalue weighted by Crippen LogP contribution is -2.49. The second-order valence-corrected chi connectivity index (χ2v) is 8.36. The summed E-state index contributed by atoms with van der Waals surface area (Å²) in [5.41, 5.74) is 1.43. The average molecular weight is 494 g/mol.